The van der Waals surface area contributed by atoms with Gasteiger partial charge < -0.3 is 0 Å². The van der Waals surface area contributed by atoms with Crippen molar-refractivity contribution in [3.05, 3.63) is 76.9 Å². The Balaban J connectivity index is 1.85. The molecule has 0 unspecified atom stereocenters. The Kier molecular flexibility index (Phi) is 6.32. The minimum absolute atomic E-state index is 0.341. The third-order valence-electron chi connectivity index (χ3n) is 3.74. The molecule has 0 aliphatic rings. The van der Waals surface area contributed by atoms with Crippen molar-refractivity contribution in [1.82, 2.24) is 10.9 Å². The van der Waals surface area contributed by atoms with Crippen LogP contribution in [0.3, 0.4) is 0 Å². The van der Waals surface area contributed by atoms with Gasteiger partial charge in [0.2, 0.25) is 0 Å². The zero-order valence-electron chi connectivity index (χ0n) is 14.0. The molecule has 2 N–H and O–H groups in total. The number of hydrazine groups is 1. The molecule has 0 aliphatic heterocycles. The summed E-state index contributed by atoms with van der Waals surface area (Å²) in [6.07, 6.45) is 5.00. The molecule has 0 saturated carbocycles. The summed E-state index contributed by atoms with van der Waals surface area (Å²) in [6, 6.07) is 15.2. The Morgan fingerprint density at radius 2 is 1.38 bits per heavy atom. The van der Waals surface area contributed by atoms with Crippen LogP contribution in [0.1, 0.15) is 40.9 Å². The third kappa shape index (κ3) is 5.09. The summed E-state index contributed by atoms with van der Waals surface area (Å²) in [7, 11) is 0. The van der Waals surface area contributed by atoms with Crippen LogP contribution in [0.25, 0.3) is 6.08 Å². The highest BCUT2D eigenvalue weighted by molar-refractivity contribution is 5.97. The van der Waals surface area contributed by atoms with Crippen LogP contribution in [-0.2, 0) is 17.6 Å². The van der Waals surface area contributed by atoms with Crippen molar-refractivity contribution in [1.29, 1.82) is 0 Å². The van der Waals surface area contributed by atoms with Crippen molar-refractivity contribution < 1.29 is 9.59 Å². The lowest BCUT2D eigenvalue weighted by Crippen LogP contribution is -2.40. The van der Waals surface area contributed by atoms with Crippen LogP contribution in [-0.4, -0.2) is 11.8 Å². The van der Waals surface area contributed by atoms with E-state index >= 15 is 0 Å². The molecule has 2 amide bonds. The van der Waals surface area contributed by atoms with Crippen LogP contribution >= 0.6 is 0 Å². The van der Waals surface area contributed by atoms with Gasteiger partial charge in [0.05, 0.1) is 0 Å². The second-order valence-electron chi connectivity index (χ2n) is 5.42. The smallest absolute Gasteiger partial charge is 0.268 e. The molecule has 2 aromatic rings. The Morgan fingerprint density at radius 1 is 0.833 bits per heavy atom. The van der Waals surface area contributed by atoms with Gasteiger partial charge in [-0.3, -0.25) is 20.4 Å². The van der Waals surface area contributed by atoms with Crippen LogP contribution < -0.4 is 10.9 Å². The lowest BCUT2D eigenvalue weighted by Gasteiger charge is -2.06. The number of hydrogen-bond acceptors (Lipinski definition) is 2. The van der Waals surface area contributed by atoms with Gasteiger partial charge in [0, 0.05) is 11.6 Å². The first-order chi connectivity index (χ1) is 11.6. The third-order valence-corrected chi connectivity index (χ3v) is 3.74. The molecule has 0 heterocycles. The first kappa shape index (κ1) is 17.5. The topological polar surface area (TPSA) is 58.2 Å². The summed E-state index contributed by atoms with van der Waals surface area (Å²) < 4.78 is 0. The molecular weight excluding hydrogens is 300 g/mol. The number of aryl methyl sites for hydroxylation is 2. The number of rotatable bonds is 5. The molecule has 24 heavy (non-hydrogen) atoms. The summed E-state index contributed by atoms with van der Waals surface area (Å²) in [4.78, 5) is 23.7. The number of nitrogens with one attached hydrogen (secondary N) is 2. The molecule has 0 aromatic heterocycles. The van der Waals surface area contributed by atoms with Gasteiger partial charge in [0.1, 0.15) is 0 Å². The molecule has 4 heteroatoms. The van der Waals surface area contributed by atoms with Crippen molar-refractivity contribution in [2.75, 3.05) is 0 Å². The maximum atomic E-state index is 11.9. The van der Waals surface area contributed by atoms with Gasteiger partial charge in [-0.15, -0.1) is 0 Å². The van der Waals surface area contributed by atoms with Crippen molar-refractivity contribution >= 4 is 17.9 Å². The number of benzene rings is 2. The van der Waals surface area contributed by atoms with Crippen LogP contribution in [0, 0.1) is 0 Å². The van der Waals surface area contributed by atoms with E-state index in [4.69, 9.17) is 0 Å². The van der Waals surface area contributed by atoms with E-state index in [2.05, 4.69) is 24.7 Å². The van der Waals surface area contributed by atoms with Crippen LogP contribution in [0.4, 0.5) is 0 Å². The first-order valence-electron chi connectivity index (χ1n) is 8.08. The molecule has 0 fully saturated rings. The van der Waals surface area contributed by atoms with E-state index in [-0.39, 0.29) is 11.8 Å². The van der Waals surface area contributed by atoms with E-state index in [1.807, 2.05) is 36.4 Å². The average Bonchev–Trinajstić information content (AvgIpc) is 2.64. The van der Waals surface area contributed by atoms with Crippen LogP contribution in [0.15, 0.2) is 54.6 Å². The quantitative estimate of drug-likeness (QED) is 0.655. The number of carbonyl (C=O) groups is 2. The van der Waals surface area contributed by atoms with Gasteiger partial charge in [-0.2, -0.15) is 0 Å². The Bertz CT molecular complexity index is 716. The highest BCUT2D eigenvalue weighted by Crippen LogP contribution is 2.07. The molecule has 124 valence electrons. The van der Waals surface area contributed by atoms with E-state index in [0.29, 0.717) is 5.56 Å². The van der Waals surface area contributed by atoms with Crippen molar-refractivity contribution in [3.8, 4) is 0 Å². The Morgan fingerprint density at radius 3 is 1.92 bits per heavy atom. The SMILES string of the molecule is CCc1ccc(/C=C/C(=O)NNC(=O)c2ccc(CC)cc2)cc1. The molecule has 0 atom stereocenters. The van der Waals surface area contributed by atoms with Crippen molar-refractivity contribution in [2.24, 2.45) is 0 Å². The molecule has 0 aliphatic carbocycles. The summed E-state index contributed by atoms with van der Waals surface area (Å²) in [5.74, 6) is -0.722. The van der Waals surface area contributed by atoms with E-state index in [9.17, 15) is 9.59 Å². The van der Waals surface area contributed by atoms with Gasteiger partial charge >= 0.3 is 0 Å². The fourth-order valence-electron chi connectivity index (χ4n) is 2.16. The standard InChI is InChI=1S/C20H22N2O2/c1-3-15-5-7-17(8-6-15)11-14-19(23)21-22-20(24)18-12-9-16(4-2)10-13-18/h5-14H,3-4H2,1-2H3,(H,21,23)(H,22,24)/b14-11+. The number of carbonyl (C=O) groups excluding carboxylic acids is 2. The van der Waals surface area contributed by atoms with Crippen molar-refractivity contribution in [2.45, 2.75) is 26.7 Å². The molecule has 0 radical (unpaired) electrons. The monoisotopic (exact) mass is 322 g/mol. The normalized spacial score (nSPS) is 10.6. The van der Waals surface area contributed by atoms with Crippen LogP contribution in [0.2, 0.25) is 0 Å². The van der Waals surface area contributed by atoms with Gasteiger partial charge in [-0.1, -0.05) is 50.2 Å². The molecular formula is C20H22N2O2. The highest BCUT2D eigenvalue weighted by atomic mass is 16.2. The molecule has 0 bridgehead atoms. The minimum atomic E-state index is -0.381. The minimum Gasteiger partial charge on any atom is -0.268 e. The lowest BCUT2D eigenvalue weighted by atomic mass is 10.1. The van der Waals surface area contributed by atoms with Gasteiger partial charge in [0.25, 0.3) is 11.8 Å². The highest BCUT2D eigenvalue weighted by Gasteiger charge is 2.05. The maximum Gasteiger partial charge on any atom is 0.269 e. The van der Waals surface area contributed by atoms with Gasteiger partial charge in [-0.05, 0) is 47.7 Å². The van der Waals surface area contributed by atoms with Gasteiger partial charge in [-0.25, -0.2) is 0 Å². The lowest BCUT2D eigenvalue weighted by molar-refractivity contribution is -0.117. The predicted molar refractivity (Wildman–Crippen MR) is 96.3 cm³/mol. The maximum absolute atomic E-state index is 11.9. The first-order valence-corrected chi connectivity index (χ1v) is 8.08. The zero-order chi connectivity index (χ0) is 17.4. The summed E-state index contributed by atoms with van der Waals surface area (Å²) in [6.45, 7) is 4.15. The van der Waals surface area contributed by atoms with Crippen molar-refractivity contribution in [3.63, 3.8) is 0 Å². The molecule has 2 rings (SSSR count). The Hall–Kier alpha value is -2.88. The fourth-order valence-corrected chi connectivity index (χ4v) is 2.16. The fraction of sp³-hybridized carbons (Fsp3) is 0.200. The predicted octanol–water partition coefficient (Wildman–Crippen LogP) is 3.29. The second-order valence-corrected chi connectivity index (χ2v) is 5.42. The molecule has 0 saturated heterocycles. The van der Waals surface area contributed by atoms with E-state index in [0.717, 1.165) is 24.0 Å². The molecule has 0 spiro atoms. The Labute approximate surface area is 142 Å². The van der Waals surface area contributed by atoms with Gasteiger partial charge in [0.15, 0.2) is 0 Å². The largest absolute Gasteiger partial charge is 0.269 e. The van der Waals surface area contributed by atoms with E-state index in [1.165, 1.54) is 11.6 Å². The summed E-state index contributed by atoms with van der Waals surface area (Å²) in [5, 5.41) is 0. The summed E-state index contributed by atoms with van der Waals surface area (Å²) >= 11 is 0. The second kappa shape index (κ2) is 8.67. The van der Waals surface area contributed by atoms with E-state index in [1.54, 1.807) is 18.2 Å². The van der Waals surface area contributed by atoms with Crippen LogP contribution in [0.5, 0.6) is 0 Å². The number of amides is 2. The van der Waals surface area contributed by atoms with E-state index < -0.39 is 0 Å². The zero-order valence-corrected chi connectivity index (χ0v) is 14.0. The molecule has 4 nitrogen and oxygen atoms in total. The average molecular weight is 322 g/mol. The number of hydrogen-bond donors (Lipinski definition) is 2. The summed E-state index contributed by atoms with van der Waals surface area (Å²) in [5.41, 5.74) is 8.63. The molecule has 2 aromatic carbocycles.